The molecule has 0 saturated carbocycles. The summed E-state index contributed by atoms with van der Waals surface area (Å²) in [5, 5.41) is 28.6. The highest BCUT2D eigenvalue weighted by molar-refractivity contribution is 7.47. The number of hydrogen-bond donors (Lipinski definition) is 4. The first-order valence-corrected chi connectivity index (χ1v) is 22.4. The molecule has 0 fully saturated rings. The molecule has 0 saturated heterocycles. The van der Waals surface area contributed by atoms with Crippen LogP contribution < -0.4 is 0 Å². The highest BCUT2D eigenvalue weighted by atomic mass is 31.2. The number of phosphoric ester groups is 1. The minimum absolute atomic E-state index is 0.00781. The molecule has 0 aromatic rings. The Balaban J connectivity index is 4.64. The van der Waals surface area contributed by atoms with Gasteiger partial charge in [-0.1, -0.05) is 136 Å². The van der Waals surface area contributed by atoms with Crippen molar-refractivity contribution in [2.45, 2.75) is 141 Å². The zero-order valence-corrected chi connectivity index (χ0v) is 36.0. The Hall–Kier alpha value is -3.41. The van der Waals surface area contributed by atoms with Crippen molar-refractivity contribution < 1.29 is 52.9 Å². The molecule has 0 aromatic carbocycles. The summed E-state index contributed by atoms with van der Waals surface area (Å²) < 4.78 is 32.5. The molecule has 12 heteroatoms. The first kappa shape index (κ1) is 54.6. The summed E-state index contributed by atoms with van der Waals surface area (Å²) in [6.07, 6.45) is 46.6. The summed E-state index contributed by atoms with van der Waals surface area (Å²) >= 11 is 0. The second-order valence-corrected chi connectivity index (χ2v) is 14.9. The van der Waals surface area contributed by atoms with Crippen molar-refractivity contribution in [3.63, 3.8) is 0 Å². The van der Waals surface area contributed by atoms with E-state index in [-0.39, 0.29) is 12.8 Å². The molecule has 0 aromatic heterocycles. The first-order chi connectivity index (χ1) is 28.1. The summed E-state index contributed by atoms with van der Waals surface area (Å²) in [4.78, 5) is 35.0. The number of rotatable bonds is 37. The minimum atomic E-state index is -4.69. The van der Waals surface area contributed by atoms with Gasteiger partial charge in [-0.25, -0.2) is 4.57 Å². The molecule has 58 heavy (non-hydrogen) atoms. The SMILES string of the molecule is CC/C=C\C/C=C\C/C=C\C/C=C\C=C\C(O)CCCC(=O)OC[C@H](COP(=O)(O)OC[C@@H](O)CO)OC(=O)CCC/C=C\C/C=C\C/C=C\C/C=C\CCCCC. The van der Waals surface area contributed by atoms with Crippen molar-refractivity contribution in [3.05, 3.63) is 109 Å². The van der Waals surface area contributed by atoms with Crippen molar-refractivity contribution >= 4 is 19.8 Å². The van der Waals surface area contributed by atoms with E-state index >= 15 is 0 Å². The van der Waals surface area contributed by atoms with E-state index in [1.165, 1.54) is 19.3 Å². The van der Waals surface area contributed by atoms with E-state index in [4.69, 9.17) is 19.1 Å². The molecule has 0 aliphatic rings. The lowest BCUT2D eigenvalue weighted by atomic mass is 10.1. The molecular weight excluding hydrogens is 759 g/mol. The lowest BCUT2D eigenvalue weighted by Crippen LogP contribution is -2.29. The van der Waals surface area contributed by atoms with Gasteiger partial charge in [0.1, 0.15) is 12.7 Å². The number of carbonyl (C=O) groups excluding carboxylic acids is 2. The van der Waals surface area contributed by atoms with Crippen LogP contribution >= 0.6 is 7.82 Å². The fraction of sp³-hybridized carbons (Fsp3) is 0.565. The van der Waals surface area contributed by atoms with E-state index in [0.29, 0.717) is 25.7 Å². The van der Waals surface area contributed by atoms with E-state index in [2.05, 4.69) is 91.3 Å². The Kier molecular flexibility index (Phi) is 38.0. The van der Waals surface area contributed by atoms with Crippen LogP contribution in [-0.2, 0) is 32.7 Å². The predicted octanol–water partition coefficient (Wildman–Crippen LogP) is 9.97. The third-order valence-corrected chi connectivity index (χ3v) is 8.97. The van der Waals surface area contributed by atoms with E-state index in [1.54, 1.807) is 12.2 Å². The van der Waals surface area contributed by atoms with Gasteiger partial charge in [0.25, 0.3) is 0 Å². The number of phosphoric acid groups is 1. The second-order valence-electron chi connectivity index (χ2n) is 13.5. The van der Waals surface area contributed by atoms with Gasteiger partial charge in [-0.3, -0.25) is 18.6 Å². The molecule has 11 nitrogen and oxygen atoms in total. The molecule has 4 atom stereocenters. The zero-order chi connectivity index (χ0) is 42.8. The first-order valence-electron chi connectivity index (χ1n) is 21.0. The normalized spacial score (nSPS) is 15.5. The van der Waals surface area contributed by atoms with Gasteiger partial charge in [-0.05, 0) is 83.5 Å². The lowest BCUT2D eigenvalue weighted by Gasteiger charge is -2.20. The maximum absolute atomic E-state index is 12.6. The monoisotopic (exact) mass is 832 g/mol. The molecule has 0 radical (unpaired) electrons. The lowest BCUT2D eigenvalue weighted by molar-refractivity contribution is -0.161. The summed E-state index contributed by atoms with van der Waals surface area (Å²) in [6.45, 7) is 1.91. The predicted molar refractivity (Wildman–Crippen MR) is 234 cm³/mol. The summed E-state index contributed by atoms with van der Waals surface area (Å²) in [5.74, 6) is -1.21. The topological polar surface area (TPSA) is 169 Å². The van der Waals surface area contributed by atoms with Gasteiger partial charge >= 0.3 is 19.8 Å². The summed E-state index contributed by atoms with van der Waals surface area (Å²) in [5.41, 5.74) is 0. The number of allylic oxidation sites excluding steroid dienone is 17. The molecule has 4 N–H and O–H groups in total. The van der Waals surface area contributed by atoms with E-state index < -0.39 is 64.5 Å². The van der Waals surface area contributed by atoms with E-state index in [1.807, 2.05) is 24.3 Å². The van der Waals surface area contributed by atoms with Crippen molar-refractivity contribution in [3.8, 4) is 0 Å². The number of hydrogen-bond acceptors (Lipinski definition) is 10. The van der Waals surface area contributed by atoms with Crippen molar-refractivity contribution in [2.75, 3.05) is 26.4 Å². The fourth-order valence-electron chi connectivity index (χ4n) is 4.78. The third-order valence-electron chi connectivity index (χ3n) is 8.02. The van der Waals surface area contributed by atoms with Crippen LogP contribution in [0.25, 0.3) is 0 Å². The number of aliphatic hydroxyl groups is 3. The number of unbranched alkanes of at least 4 members (excludes halogenated alkanes) is 4. The maximum Gasteiger partial charge on any atom is 0.472 e. The van der Waals surface area contributed by atoms with Gasteiger partial charge in [-0.2, -0.15) is 0 Å². The number of esters is 2. The summed E-state index contributed by atoms with van der Waals surface area (Å²) in [6, 6.07) is 0. The van der Waals surface area contributed by atoms with Gasteiger partial charge in [0, 0.05) is 12.8 Å². The van der Waals surface area contributed by atoms with Crippen LogP contribution in [0.5, 0.6) is 0 Å². The minimum Gasteiger partial charge on any atom is -0.462 e. The molecule has 0 bridgehead atoms. The van der Waals surface area contributed by atoms with Crippen molar-refractivity contribution in [2.24, 2.45) is 0 Å². The molecule has 0 rings (SSSR count). The Morgan fingerprint density at radius 1 is 0.603 bits per heavy atom. The van der Waals surface area contributed by atoms with Crippen LogP contribution in [0.2, 0.25) is 0 Å². The smallest absolute Gasteiger partial charge is 0.462 e. The van der Waals surface area contributed by atoms with Crippen LogP contribution in [0.15, 0.2) is 109 Å². The number of carbonyl (C=O) groups is 2. The largest absolute Gasteiger partial charge is 0.472 e. The maximum atomic E-state index is 12.6. The standard InChI is InChI=1S/C46H73O11P/c1-3-5-7-9-11-13-15-17-18-19-20-22-24-26-28-30-32-36-46(51)57-44(41-56-58(52,53)55-39-43(49)38-47)40-54-45(50)37-33-35-42(48)34-31-29-27-25-23-21-16-14-12-10-8-6-4-2/h6,8,11-14,17-18,20-23,26-29,31,34,42-44,47-49H,3-5,7,9-10,15-16,19,24-25,30,32-33,35-41H2,1-2H3,(H,52,53)/b8-6-,13-11-,14-12-,18-17-,22-20-,23-21-,28-26-,29-27-,34-31+/t42?,43-,44+/m0/s1. The van der Waals surface area contributed by atoms with E-state index in [9.17, 15) is 29.3 Å². The highest BCUT2D eigenvalue weighted by Crippen LogP contribution is 2.43. The number of ether oxygens (including phenoxy) is 2. The van der Waals surface area contributed by atoms with E-state index in [0.717, 1.165) is 51.4 Å². The van der Waals surface area contributed by atoms with Gasteiger partial charge in [-0.15, -0.1) is 0 Å². The van der Waals surface area contributed by atoms with Crippen LogP contribution in [0.4, 0.5) is 0 Å². The molecule has 328 valence electrons. The molecule has 0 aliphatic carbocycles. The zero-order valence-electron chi connectivity index (χ0n) is 35.1. The average molecular weight is 833 g/mol. The van der Waals surface area contributed by atoms with Crippen molar-refractivity contribution in [1.29, 1.82) is 0 Å². The van der Waals surface area contributed by atoms with Gasteiger partial charge in [0.2, 0.25) is 0 Å². The van der Waals surface area contributed by atoms with Crippen LogP contribution in [0.1, 0.15) is 123 Å². The van der Waals surface area contributed by atoms with Crippen LogP contribution in [0.3, 0.4) is 0 Å². The van der Waals surface area contributed by atoms with Crippen LogP contribution in [0, 0.1) is 0 Å². The van der Waals surface area contributed by atoms with Gasteiger partial charge in [0.15, 0.2) is 6.10 Å². The quantitative estimate of drug-likeness (QED) is 0.0155. The Labute approximate surface area is 348 Å². The Morgan fingerprint density at radius 3 is 1.69 bits per heavy atom. The van der Waals surface area contributed by atoms with Crippen LogP contribution in [-0.4, -0.2) is 76.9 Å². The molecule has 0 aliphatic heterocycles. The molecule has 0 amide bonds. The Bertz CT molecular complexity index is 1340. The average Bonchev–Trinajstić information content (AvgIpc) is 3.20. The molecular formula is C46H73O11P. The van der Waals surface area contributed by atoms with Gasteiger partial charge in [0.05, 0.1) is 25.9 Å². The number of aliphatic hydroxyl groups excluding tert-OH is 3. The second kappa shape index (κ2) is 40.4. The molecule has 0 spiro atoms. The summed E-state index contributed by atoms with van der Waals surface area (Å²) in [7, 11) is -4.69. The molecule has 2 unspecified atom stereocenters. The third kappa shape index (κ3) is 39.4. The molecule has 0 heterocycles. The highest BCUT2D eigenvalue weighted by Gasteiger charge is 2.27. The van der Waals surface area contributed by atoms with Gasteiger partial charge < -0.3 is 29.7 Å². The fourth-order valence-corrected chi connectivity index (χ4v) is 5.57. The van der Waals surface area contributed by atoms with Crippen molar-refractivity contribution in [1.82, 2.24) is 0 Å². The Morgan fingerprint density at radius 2 is 1.12 bits per heavy atom.